The number of para-hydroxylation sites is 2. The molecular formula is C16H13N3O3. The monoisotopic (exact) mass is 295 g/mol. The van der Waals surface area contributed by atoms with Crippen molar-refractivity contribution in [3.8, 4) is 5.75 Å². The van der Waals surface area contributed by atoms with Gasteiger partial charge in [0.25, 0.3) is 0 Å². The Morgan fingerprint density at radius 1 is 1.05 bits per heavy atom. The van der Waals surface area contributed by atoms with E-state index in [1.165, 1.54) is 7.11 Å². The van der Waals surface area contributed by atoms with E-state index in [9.17, 15) is 9.90 Å². The number of benzene rings is 2. The zero-order valence-corrected chi connectivity index (χ0v) is 11.8. The topological polar surface area (TPSA) is 84.3 Å². The van der Waals surface area contributed by atoms with Crippen LogP contribution in [0.15, 0.2) is 48.5 Å². The van der Waals surface area contributed by atoms with Crippen LogP contribution in [0, 0.1) is 0 Å². The average Bonchev–Trinajstić information content (AvgIpc) is 2.56. The van der Waals surface area contributed by atoms with Gasteiger partial charge in [0.05, 0.1) is 12.8 Å². The lowest BCUT2D eigenvalue weighted by molar-refractivity contribution is 0.0595. The number of nitrogens with one attached hydrogen (secondary N) is 1. The summed E-state index contributed by atoms with van der Waals surface area (Å²) in [7, 11) is 1.30. The Kier molecular flexibility index (Phi) is 3.57. The molecule has 0 saturated carbocycles. The Balaban J connectivity index is 2.12. The van der Waals surface area contributed by atoms with E-state index in [0.717, 1.165) is 0 Å². The fourth-order valence-electron chi connectivity index (χ4n) is 2.15. The van der Waals surface area contributed by atoms with Gasteiger partial charge < -0.3 is 15.2 Å². The van der Waals surface area contributed by atoms with Crippen LogP contribution < -0.4 is 5.32 Å². The first-order chi connectivity index (χ1) is 10.7. The third kappa shape index (κ3) is 2.42. The van der Waals surface area contributed by atoms with Crippen molar-refractivity contribution >= 4 is 28.2 Å². The van der Waals surface area contributed by atoms with Crippen LogP contribution in [0.25, 0.3) is 10.8 Å². The highest BCUT2D eigenvalue weighted by atomic mass is 16.5. The molecule has 1 heterocycles. The lowest BCUT2D eigenvalue weighted by Gasteiger charge is -2.11. The van der Waals surface area contributed by atoms with Crippen molar-refractivity contribution in [3.63, 3.8) is 0 Å². The summed E-state index contributed by atoms with van der Waals surface area (Å²) in [6, 6.07) is 14.0. The minimum absolute atomic E-state index is 0.102. The fraction of sp³-hybridized carbons (Fsp3) is 0.0625. The minimum atomic E-state index is -0.544. The van der Waals surface area contributed by atoms with Crippen molar-refractivity contribution in [1.29, 1.82) is 0 Å². The van der Waals surface area contributed by atoms with Crippen molar-refractivity contribution in [2.45, 2.75) is 0 Å². The Labute approximate surface area is 126 Å². The molecule has 3 aromatic rings. The van der Waals surface area contributed by atoms with E-state index in [2.05, 4.69) is 15.5 Å². The van der Waals surface area contributed by atoms with E-state index in [1.807, 2.05) is 12.1 Å². The highest BCUT2D eigenvalue weighted by molar-refractivity contribution is 6.05. The van der Waals surface area contributed by atoms with Crippen LogP contribution in [0.3, 0.4) is 0 Å². The SMILES string of the molecule is COC(=O)c1nnc(Nc2ccccc2O)c2ccccc12. The van der Waals surface area contributed by atoms with Gasteiger partial charge in [0.2, 0.25) is 0 Å². The van der Waals surface area contributed by atoms with Crippen molar-refractivity contribution in [2.75, 3.05) is 12.4 Å². The number of hydrogen-bond donors (Lipinski definition) is 2. The van der Waals surface area contributed by atoms with Crippen LogP contribution in [-0.4, -0.2) is 28.4 Å². The molecule has 2 N–H and O–H groups in total. The summed E-state index contributed by atoms with van der Waals surface area (Å²) in [5, 5.41) is 22.2. The zero-order chi connectivity index (χ0) is 15.5. The molecule has 0 amide bonds. The zero-order valence-electron chi connectivity index (χ0n) is 11.8. The number of phenols is 1. The number of phenolic OH excluding ortho intramolecular Hbond substituents is 1. The van der Waals surface area contributed by atoms with Crippen LogP contribution in [0.1, 0.15) is 10.5 Å². The van der Waals surface area contributed by atoms with Crippen molar-refractivity contribution < 1.29 is 14.6 Å². The molecule has 0 fully saturated rings. The van der Waals surface area contributed by atoms with Gasteiger partial charge in [-0.25, -0.2) is 4.79 Å². The predicted molar refractivity (Wildman–Crippen MR) is 82.3 cm³/mol. The highest BCUT2D eigenvalue weighted by Gasteiger charge is 2.16. The number of ether oxygens (including phenoxy) is 1. The Bertz CT molecular complexity index is 849. The van der Waals surface area contributed by atoms with Gasteiger partial charge in [-0.3, -0.25) is 0 Å². The first-order valence-electron chi connectivity index (χ1n) is 6.59. The number of hydrogen-bond acceptors (Lipinski definition) is 6. The summed E-state index contributed by atoms with van der Waals surface area (Å²) >= 11 is 0. The number of nitrogens with zero attached hydrogens (tertiary/aromatic N) is 2. The second kappa shape index (κ2) is 5.69. The van der Waals surface area contributed by atoms with Crippen molar-refractivity contribution in [1.82, 2.24) is 10.2 Å². The van der Waals surface area contributed by atoms with Crippen LogP contribution in [-0.2, 0) is 4.74 Å². The van der Waals surface area contributed by atoms with Gasteiger partial charge in [-0.15, -0.1) is 10.2 Å². The third-order valence-electron chi connectivity index (χ3n) is 3.22. The Morgan fingerprint density at radius 2 is 1.73 bits per heavy atom. The number of rotatable bonds is 3. The van der Waals surface area contributed by atoms with E-state index in [1.54, 1.807) is 36.4 Å². The molecule has 0 aliphatic heterocycles. The minimum Gasteiger partial charge on any atom is -0.506 e. The van der Waals surface area contributed by atoms with Gasteiger partial charge in [-0.05, 0) is 12.1 Å². The lowest BCUT2D eigenvalue weighted by atomic mass is 10.1. The molecule has 6 heteroatoms. The highest BCUT2D eigenvalue weighted by Crippen LogP contribution is 2.29. The quantitative estimate of drug-likeness (QED) is 0.571. The number of methoxy groups -OCH3 is 1. The number of aromatic nitrogens is 2. The number of esters is 1. The first-order valence-corrected chi connectivity index (χ1v) is 6.59. The maximum absolute atomic E-state index is 11.8. The fourth-order valence-corrected chi connectivity index (χ4v) is 2.15. The maximum Gasteiger partial charge on any atom is 0.359 e. The molecule has 0 unspecified atom stereocenters. The van der Waals surface area contributed by atoms with Crippen molar-refractivity contribution in [3.05, 3.63) is 54.2 Å². The second-order valence-corrected chi connectivity index (χ2v) is 4.58. The van der Waals surface area contributed by atoms with Crippen LogP contribution in [0.4, 0.5) is 11.5 Å². The molecule has 22 heavy (non-hydrogen) atoms. The van der Waals surface area contributed by atoms with Gasteiger partial charge in [0.1, 0.15) is 5.75 Å². The van der Waals surface area contributed by atoms with E-state index >= 15 is 0 Å². The Morgan fingerprint density at radius 3 is 2.45 bits per heavy atom. The van der Waals surface area contributed by atoms with E-state index in [0.29, 0.717) is 22.3 Å². The molecule has 0 bridgehead atoms. The van der Waals surface area contributed by atoms with Crippen LogP contribution in [0.5, 0.6) is 5.75 Å². The van der Waals surface area contributed by atoms with E-state index in [4.69, 9.17) is 4.74 Å². The summed E-state index contributed by atoms with van der Waals surface area (Å²) in [5.74, 6) is 0.00740. The van der Waals surface area contributed by atoms with Gasteiger partial charge in [0, 0.05) is 10.8 Å². The van der Waals surface area contributed by atoms with Crippen LogP contribution >= 0.6 is 0 Å². The Hall–Kier alpha value is -3.15. The number of carbonyl (C=O) groups excluding carboxylic acids is 1. The smallest absolute Gasteiger partial charge is 0.359 e. The standard InChI is InChI=1S/C16H13N3O3/c1-22-16(21)14-10-6-2-3-7-11(10)15(19-18-14)17-12-8-4-5-9-13(12)20/h2-9,20H,1H3,(H,17,19). The molecular weight excluding hydrogens is 282 g/mol. The first kappa shape index (κ1) is 13.8. The predicted octanol–water partition coefficient (Wildman–Crippen LogP) is 2.87. The molecule has 0 atom stereocenters. The van der Waals surface area contributed by atoms with Gasteiger partial charge >= 0.3 is 5.97 Å². The molecule has 1 aromatic heterocycles. The lowest BCUT2D eigenvalue weighted by Crippen LogP contribution is -2.08. The molecule has 0 aliphatic carbocycles. The molecule has 3 rings (SSSR count). The van der Waals surface area contributed by atoms with Crippen LogP contribution in [0.2, 0.25) is 0 Å². The number of anilines is 2. The maximum atomic E-state index is 11.8. The normalized spacial score (nSPS) is 10.4. The molecule has 0 saturated heterocycles. The summed E-state index contributed by atoms with van der Waals surface area (Å²) in [5.41, 5.74) is 0.661. The van der Waals surface area contributed by atoms with Gasteiger partial charge in [-0.1, -0.05) is 36.4 Å². The third-order valence-corrected chi connectivity index (χ3v) is 3.22. The van der Waals surface area contributed by atoms with Gasteiger partial charge in [0.15, 0.2) is 11.5 Å². The second-order valence-electron chi connectivity index (χ2n) is 4.58. The largest absolute Gasteiger partial charge is 0.506 e. The van der Waals surface area contributed by atoms with Crippen molar-refractivity contribution in [2.24, 2.45) is 0 Å². The van der Waals surface area contributed by atoms with E-state index < -0.39 is 5.97 Å². The summed E-state index contributed by atoms with van der Waals surface area (Å²) in [6.07, 6.45) is 0. The molecule has 0 aliphatic rings. The molecule has 2 aromatic carbocycles. The summed E-state index contributed by atoms with van der Waals surface area (Å²) < 4.78 is 4.72. The number of carbonyl (C=O) groups is 1. The molecule has 0 radical (unpaired) electrons. The summed E-state index contributed by atoms with van der Waals surface area (Å²) in [4.78, 5) is 11.8. The number of fused-ring (bicyclic) bond motifs is 1. The molecule has 110 valence electrons. The molecule has 0 spiro atoms. The van der Waals surface area contributed by atoms with Gasteiger partial charge in [-0.2, -0.15) is 0 Å². The molecule has 6 nitrogen and oxygen atoms in total. The average molecular weight is 295 g/mol. The van der Waals surface area contributed by atoms with E-state index in [-0.39, 0.29) is 11.4 Å². The number of aromatic hydroxyl groups is 1. The summed E-state index contributed by atoms with van der Waals surface area (Å²) in [6.45, 7) is 0.